The lowest BCUT2D eigenvalue weighted by Crippen LogP contribution is -2.35. The summed E-state index contributed by atoms with van der Waals surface area (Å²) in [7, 11) is 0. The Morgan fingerprint density at radius 2 is 2.29 bits per heavy atom. The standard InChI is InChI=1S/C14H18ClNO/c1-11-6-7-13-12(10-11)4-3-9-16(13)14(17)5-2-8-15/h6-7,10H,2-5,8-9H2,1H3. The summed E-state index contributed by atoms with van der Waals surface area (Å²) in [5.41, 5.74) is 3.66. The first-order valence-electron chi connectivity index (χ1n) is 6.18. The number of anilines is 1. The molecule has 3 heteroatoms. The van der Waals surface area contributed by atoms with Crippen molar-refractivity contribution in [1.82, 2.24) is 0 Å². The monoisotopic (exact) mass is 251 g/mol. The fourth-order valence-corrected chi connectivity index (χ4v) is 2.47. The smallest absolute Gasteiger partial charge is 0.227 e. The van der Waals surface area contributed by atoms with Crippen molar-refractivity contribution in [2.75, 3.05) is 17.3 Å². The van der Waals surface area contributed by atoms with Gasteiger partial charge in [0.05, 0.1) is 0 Å². The summed E-state index contributed by atoms with van der Waals surface area (Å²) >= 11 is 5.63. The number of rotatable bonds is 3. The highest BCUT2D eigenvalue weighted by atomic mass is 35.5. The molecule has 1 aliphatic heterocycles. The number of carbonyl (C=O) groups excluding carboxylic acids is 1. The highest BCUT2D eigenvalue weighted by Gasteiger charge is 2.21. The average Bonchev–Trinajstić information content (AvgIpc) is 2.34. The summed E-state index contributed by atoms with van der Waals surface area (Å²) < 4.78 is 0. The number of aryl methyl sites for hydroxylation is 2. The van der Waals surface area contributed by atoms with Gasteiger partial charge in [-0.1, -0.05) is 17.7 Å². The summed E-state index contributed by atoms with van der Waals surface area (Å²) in [6, 6.07) is 6.34. The Bertz CT molecular complexity index is 417. The van der Waals surface area contributed by atoms with Gasteiger partial charge >= 0.3 is 0 Å². The number of hydrogen-bond acceptors (Lipinski definition) is 1. The lowest BCUT2D eigenvalue weighted by molar-refractivity contribution is -0.118. The molecule has 0 unspecified atom stereocenters. The number of alkyl halides is 1. The van der Waals surface area contributed by atoms with Crippen LogP contribution < -0.4 is 4.90 Å². The fraction of sp³-hybridized carbons (Fsp3) is 0.500. The molecule has 0 aromatic heterocycles. The van der Waals surface area contributed by atoms with E-state index in [0.717, 1.165) is 31.5 Å². The molecule has 17 heavy (non-hydrogen) atoms. The van der Waals surface area contributed by atoms with Crippen molar-refractivity contribution in [3.8, 4) is 0 Å². The summed E-state index contributed by atoms with van der Waals surface area (Å²) in [5.74, 6) is 0.760. The van der Waals surface area contributed by atoms with Gasteiger partial charge in [0, 0.05) is 24.5 Å². The first-order chi connectivity index (χ1) is 8.22. The molecule has 0 fully saturated rings. The maximum absolute atomic E-state index is 12.1. The van der Waals surface area contributed by atoms with Crippen LogP contribution in [0.25, 0.3) is 0 Å². The van der Waals surface area contributed by atoms with Crippen molar-refractivity contribution >= 4 is 23.2 Å². The number of halogens is 1. The Kier molecular flexibility index (Phi) is 4.06. The zero-order valence-electron chi connectivity index (χ0n) is 10.2. The highest BCUT2D eigenvalue weighted by molar-refractivity contribution is 6.18. The number of hydrogen-bond donors (Lipinski definition) is 0. The molecule has 0 bridgehead atoms. The molecule has 1 aromatic carbocycles. The lowest BCUT2D eigenvalue weighted by atomic mass is 9.99. The number of nitrogens with zero attached hydrogens (tertiary/aromatic N) is 1. The molecule has 0 saturated carbocycles. The van der Waals surface area contributed by atoms with E-state index in [4.69, 9.17) is 11.6 Å². The van der Waals surface area contributed by atoms with E-state index in [2.05, 4.69) is 25.1 Å². The molecule has 1 amide bonds. The Labute approximate surface area is 108 Å². The predicted octanol–water partition coefficient (Wildman–Crippen LogP) is 3.29. The third-order valence-electron chi connectivity index (χ3n) is 3.18. The maximum Gasteiger partial charge on any atom is 0.227 e. The molecule has 0 N–H and O–H groups in total. The molecule has 1 aliphatic rings. The van der Waals surface area contributed by atoms with Crippen LogP contribution in [0.1, 0.15) is 30.4 Å². The van der Waals surface area contributed by atoms with E-state index in [9.17, 15) is 4.79 Å². The molecular weight excluding hydrogens is 234 g/mol. The van der Waals surface area contributed by atoms with E-state index in [1.165, 1.54) is 11.1 Å². The predicted molar refractivity (Wildman–Crippen MR) is 71.8 cm³/mol. The molecule has 2 nitrogen and oxygen atoms in total. The van der Waals surface area contributed by atoms with Gasteiger partial charge in [-0.25, -0.2) is 0 Å². The summed E-state index contributed by atoms with van der Waals surface area (Å²) in [6.45, 7) is 2.94. The first-order valence-corrected chi connectivity index (χ1v) is 6.71. The fourth-order valence-electron chi connectivity index (χ4n) is 2.34. The molecular formula is C14H18ClNO. The van der Waals surface area contributed by atoms with E-state index in [-0.39, 0.29) is 5.91 Å². The Morgan fingerprint density at radius 3 is 3.06 bits per heavy atom. The van der Waals surface area contributed by atoms with E-state index < -0.39 is 0 Å². The van der Waals surface area contributed by atoms with E-state index in [1.54, 1.807) is 0 Å². The van der Waals surface area contributed by atoms with Crippen molar-refractivity contribution in [1.29, 1.82) is 0 Å². The average molecular weight is 252 g/mol. The van der Waals surface area contributed by atoms with Crippen LogP contribution in [0.4, 0.5) is 5.69 Å². The van der Waals surface area contributed by atoms with Crippen molar-refractivity contribution in [3.05, 3.63) is 29.3 Å². The highest BCUT2D eigenvalue weighted by Crippen LogP contribution is 2.28. The maximum atomic E-state index is 12.1. The van der Waals surface area contributed by atoms with E-state index in [1.807, 2.05) is 4.90 Å². The number of carbonyl (C=O) groups is 1. The van der Waals surface area contributed by atoms with Crippen LogP contribution in [0.15, 0.2) is 18.2 Å². The largest absolute Gasteiger partial charge is 0.312 e. The lowest BCUT2D eigenvalue weighted by Gasteiger charge is -2.29. The van der Waals surface area contributed by atoms with Crippen LogP contribution in [-0.4, -0.2) is 18.3 Å². The Balaban J connectivity index is 2.19. The van der Waals surface area contributed by atoms with Gasteiger partial charge < -0.3 is 4.90 Å². The topological polar surface area (TPSA) is 20.3 Å². The summed E-state index contributed by atoms with van der Waals surface area (Å²) in [5, 5.41) is 0. The van der Waals surface area contributed by atoms with Gasteiger partial charge in [0.1, 0.15) is 0 Å². The van der Waals surface area contributed by atoms with Crippen molar-refractivity contribution < 1.29 is 4.79 Å². The van der Waals surface area contributed by atoms with E-state index >= 15 is 0 Å². The Hall–Kier alpha value is -1.02. The number of fused-ring (bicyclic) bond motifs is 1. The van der Waals surface area contributed by atoms with Crippen molar-refractivity contribution in [3.63, 3.8) is 0 Å². The van der Waals surface area contributed by atoms with Crippen LogP contribution >= 0.6 is 11.6 Å². The number of benzene rings is 1. The second-order valence-corrected chi connectivity index (χ2v) is 4.95. The van der Waals surface area contributed by atoms with Crippen LogP contribution in [0.5, 0.6) is 0 Å². The van der Waals surface area contributed by atoms with Gasteiger partial charge in [0.2, 0.25) is 5.91 Å². The minimum Gasteiger partial charge on any atom is -0.312 e. The van der Waals surface area contributed by atoms with Gasteiger partial charge in [0.25, 0.3) is 0 Å². The Morgan fingerprint density at radius 1 is 1.47 bits per heavy atom. The zero-order chi connectivity index (χ0) is 12.3. The third-order valence-corrected chi connectivity index (χ3v) is 3.45. The summed E-state index contributed by atoms with van der Waals surface area (Å²) in [4.78, 5) is 14.0. The van der Waals surface area contributed by atoms with Crippen LogP contribution in [0, 0.1) is 6.92 Å². The molecule has 2 rings (SSSR count). The second-order valence-electron chi connectivity index (χ2n) is 4.57. The quantitative estimate of drug-likeness (QED) is 0.755. The third kappa shape index (κ3) is 2.81. The molecule has 1 heterocycles. The second kappa shape index (κ2) is 5.54. The molecule has 0 spiro atoms. The number of amides is 1. The van der Waals surface area contributed by atoms with E-state index in [0.29, 0.717) is 12.3 Å². The van der Waals surface area contributed by atoms with Crippen molar-refractivity contribution in [2.24, 2.45) is 0 Å². The summed E-state index contributed by atoms with van der Waals surface area (Å²) in [6.07, 6.45) is 3.45. The molecule has 0 aliphatic carbocycles. The normalized spacial score (nSPS) is 14.6. The molecule has 0 saturated heterocycles. The van der Waals surface area contributed by atoms with Crippen molar-refractivity contribution in [2.45, 2.75) is 32.6 Å². The van der Waals surface area contributed by atoms with Crippen LogP contribution in [0.2, 0.25) is 0 Å². The molecule has 92 valence electrons. The van der Waals surface area contributed by atoms with Crippen LogP contribution in [0.3, 0.4) is 0 Å². The van der Waals surface area contributed by atoms with Crippen LogP contribution in [-0.2, 0) is 11.2 Å². The SMILES string of the molecule is Cc1ccc2c(c1)CCCN2C(=O)CCCCl. The van der Waals surface area contributed by atoms with Gasteiger partial charge in [0.15, 0.2) is 0 Å². The van der Waals surface area contributed by atoms with Gasteiger partial charge in [-0.15, -0.1) is 11.6 Å². The first kappa shape index (κ1) is 12.4. The van der Waals surface area contributed by atoms with Gasteiger partial charge in [-0.05, 0) is 37.8 Å². The minimum atomic E-state index is 0.204. The zero-order valence-corrected chi connectivity index (χ0v) is 11.0. The molecule has 0 atom stereocenters. The molecule has 1 aromatic rings. The minimum absolute atomic E-state index is 0.204. The van der Waals surface area contributed by atoms with Gasteiger partial charge in [-0.2, -0.15) is 0 Å². The van der Waals surface area contributed by atoms with Gasteiger partial charge in [-0.3, -0.25) is 4.79 Å². The molecule has 0 radical (unpaired) electrons.